The fourth-order valence-corrected chi connectivity index (χ4v) is 3.60. The summed E-state index contributed by atoms with van der Waals surface area (Å²) in [7, 11) is 0. The molecule has 32 heavy (non-hydrogen) atoms. The number of carbonyl (C=O) groups excluding carboxylic acids is 1. The predicted octanol–water partition coefficient (Wildman–Crippen LogP) is -6.05. The third kappa shape index (κ3) is 5.35. The minimum Gasteiger partial charge on any atom is -0.477 e. The quantitative estimate of drug-likeness (QED) is 0.158. The van der Waals surface area contributed by atoms with E-state index in [0.717, 1.165) is 6.92 Å². The zero-order valence-corrected chi connectivity index (χ0v) is 17.0. The molecule has 10 N–H and O–H groups in total. The molecule has 15 nitrogen and oxygen atoms in total. The standard InChI is InChI=1S/C17H29NO14/c1-5(21)18-9-6(22)2-17(16(28)29,31-14(9)10(24)7(23)3-19)32-15-13(27)12(26)11(25)8(4-20)30-15/h6-15,19-20,22-27H,2-4H2,1H3,(H,18,21)(H,28,29)/t6-,7+,8+,9+,10+,11-,12-,13+,14+,15-,17-/m0/s1. The number of ether oxygens (including phenoxy) is 3. The summed E-state index contributed by atoms with van der Waals surface area (Å²) in [6.07, 6.45) is -17.4. The molecule has 0 radical (unpaired) electrons. The van der Waals surface area contributed by atoms with E-state index in [9.17, 15) is 50.4 Å². The first-order valence-corrected chi connectivity index (χ1v) is 9.70. The maximum absolute atomic E-state index is 12.1. The Balaban J connectivity index is 2.39. The van der Waals surface area contributed by atoms with Gasteiger partial charge in [-0.2, -0.15) is 0 Å². The number of amides is 1. The third-order valence-corrected chi connectivity index (χ3v) is 5.34. The van der Waals surface area contributed by atoms with E-state index >= 15 is 0 Å². The lowest BCUT2D eigenvalue weighted by Crippen LogP contribution is -2.69. The second-order valence-corrected chi connectivity index (χ2v) is 7.69. The third-order valence-electron chi connectivity index (χ3n) is 5.34. The minimum atomic E-state index is -2.84. The average Bonchev–Trinajstić information content (AvgIpc) is 2.74. The van der Waals surface area contributed by atoms with Crippen LogP contribution >= 0.6 is 0 Å². The summed E-state index contributed by atoms with van der Waals surface area (Å²) in [4.78, 5) is 23.6. The maximum Gasteiger partial charge on any atom is 0.364 e. The van der Waals surface area contributed by atoms with Gasteiger partial charge in [0.25, 0.3) is 5.79 Å². The molecule has 0 unspecified atom stereocenters. The first-order valence-electron chi connectivity index (χ1n) is 9.70. The van der Waals surface area contributed by atoms with Crippen molar-refractivity contribution in [2.24, 2.45) is 0 Å². The highest BCUT2D eigenvalue weighted by atomic mass is 16.8. The molecule has 0 aliphatic carbocycles. The summed E-state index contributed by atoms with van der Waals surface area (Å²) in [5.41, 5.74) is 0. The Kier molecular flexibility index (Phi) is 8.88. The van der Waals surface area contributed by atoms with E-state index in [2.05, 4.69) is 5.32 Å². The van der Waals surface area contributed by atoms with Crippen LogP contribution in [0.2, 0.25) is 0 Å². The van der Waals surface area contributed by atoms with Gasteiger partial charge in [0.05, 0.1) is 25.4 Å². The summed E-state index contributed by atoms with van der Waals surface area (Å²) in [5.74, 6) is -5.40. The van der Waals surface area contributed by atoms with Gasteiger partial charge >= 0.3 is 5.97 Å². The molecule has 0 aromatic heterocycles. The summed E-state index contributed by atoms with van der Waals surface area (Å²) in [6, 6.07) is -1.44. The molecule has 2 saturated heterocycles. The van der Waals surface area contributed by atoms with E-state index in [4.69, 9.17) is 19.3 Å². The lowest BCUT2D eigenvalue weighted by Gasteiger charge is -2.49. The van der Waals surface area contributed by atoms with Gasteiger partial charge in [-0.05, 0) is 0 Å². The first-order chi connectivity index (χ1) is 14.9. The van der Waals surface area contributed by atoms with Gasteiger partial charge in [0.2, 0.25) is 5.91 Å². The molecule has 186 valence electrons. The average molecular weight is 471 g/mol. The lowest BCUT2D eigenvalue weighted by atomic mass is 9.88. The number of carbonyl (C=O) groups is 2. The molecular weight excluding hydrogens is 442 g/mol. The molecule has 2 fully saturated rings. The smallest absolute Gasteiger partial charge is 0.364 e. The van der Waals surface area contributed by atoms with Gasteiger partial charge in [0.1, 0.15) is 42.7 Å². The fourth-order valence-electron chi connectivity index (χ4n) is 3.60. The Morgan fingerprint density at radius 3 is 2.25 bits per heavy atom. The number of aliphatic hydroxyl groups excluding tert-OH is 8. The van der Waals surface area contributed by atoms with Crippen LogP contribution in [0.25, 0.3) is 0 Å². The summed E-state index contributed by atoms with van der Waals surface area (Å²) in [6.45, 7) is -0.733. The zero-order valence-electron chi connectivity index (χ0n) is 17.0. The minimum absolute atomic E-state index is 0.689. The van der Waals surface area contributed by atoms with Crippen molar-refractivity contribution in [2.75, 3.05) is 13.2 Å². The van der Waals surface area contributed by atoms with Crippen LogP contribution in [0, 0.1) is 0 Å². The van der Waals surface area contributed by atoms with Crippen LogP contribution in [0.5, 0.6) is 0 Å². The number of nitrogens with one attached hydrogen (secondary N) is 1. The Morgan fingerprint density at radius 2 is 1.75 bits per heavy atom. The van der Waals surface area contributed by atoms with E-state index in [-0.39, 0.29) is 0 Å². The molecule has 0 bridgehead atoms. The maximum atomic E-state index is 12.1. The topological polar surface area (TPSA) is 256 Å². The van der Waals surface area contributed by atoms with E-state index in [1.54, 1.807) is 0 Å². The Hall–Kier alpha value is -1.50. The van der Waals surface area contributed by atoms with Crippen molar-refractivity contribution in [2.45, 2.75) is 80.3 Å². The molecule has 15 heteroatoms. The highest BCUT2D eigenvalue weighted by Crippen LogP contribution is 2.36. The Morgan fingerprint density at radius 1 is 1.12 bits per heavy atom. The van der Waals surface area contributed by atoms with E-state index < -0.39 is 98.5 Å². The van der Waals surface area contributed by atoms with Gasteiger partial charge in [-0.1, -0.05) is 0 Å². The van der Waals surface area contributed by atoms with Crippen molar-refractivity contribution >= 4 is 11.9 Å². The van der Waals surface area contributed by atoms with Crippen molar-refractivity contribution in [3.8, 4) is 0 Å². The van der Waals surface area contributed by atoms with Crippen LogP contribution in [0.4, 0.5) is 0 Å². The second-order valence-electron chi connectivity index (χ2n) is 7.69. The van der Waals surface area contributed by atoms with Crippen LogP contribution in [-0.4, -0.2) is 138 Å². The molecule has 1 amide bonds. The molecule has 0 aromatic rings. The number of carboxylic acid groups (broad SMARTS) is 1. The summed E-state index contributed by atoms with van der Waals surface area (Å²) < 4.78 is 15.7. The number of hydrogen-bond acceptors (Lipinski definition) is 13. The van der Waals surface area contributed by atoms with Crippen LogP contribution < -0.4 is 5.32 Å². The van der Waals surface area contributed by atoms with Crippen molar-refractivity contribution in [1.82, 2.24) is 5.32 Å². The largest absolute Gasteiger partial charge is 0.477 e. The molecule has 0 spiro atoms. The van der Waals surface area contributed by atoms with Crippen molar-refractivity contribution in [1.29, 1.82) is 0 Å². The predicted molar refractivity (Wildman–Crippen MR) is 97.4 cm³/mol. The highest BCUT2D eigenvalue weighted by molar-refractivity contribution is 5.76. The molecule has 0 saturated carbocycles. The number of carboxylic acids is 1. The monoisotopic (exact) mass is 471 g/mol. The van der Waals surface area contributed by atoms with E-state index in [1.165, 1.54) is 0 Å². The molecule has 2 heterocycles. The fraction of sp³-hybridized carbons (Fsp3) is 0.882. The van der Waals surface area contributed by atoms with Gasteiger partial charge in [-0.3, -0.25) is 4.79 Å². The molecule has 0 aromatic carbocycles. The van der Waals surface area contributed by atoms with Crippen LogP contribution in [0.3, 0.4) is 0 Å². The lowest BCUT2D eigenvalue weighted by molar-refractivity contribution is -0.387. The SMILES string of the molecule is CC(=O)N[C@H]1[C@H]([C@H](O)[C@H](O)CO)O[C@@](O[C@@H]2O[C@H](CO)[C@H](O)[C@H](O)[C@H]2O)(C(=O)O)C[C@@H]1O. The van der Waals surface area contributed by atoms with Crippen LogP contribution in [0.1, 0.15) is 13.3 Å². The van der Waals surface area contributed by atoms with Gasteiger partial charge in [-0.15, -0.1) is 0 Å². The molecular formula is C17H29NO14. The van der Waals surface area contributed by atoms with Gasteiger partial charge in [-0.25, -0.2) is 4.79 Å². The van der Waals surface area contributed by atoms with Gasteiger partial charge in [0.15, 0.2) is 6.29 Å². The number of aliphatic carboxylic acids is 1. The number of aliphatic hydroxyl groups is 8. The van der Waals surface area contributed by atoms with E-state index in [0.29, 0.717) is 0 Å². The van der Waals surface area contributed by atoms with Crippen molar-refractivity contribution in [3.05, 3.63) is 0 Å². The summed E-state index contributed by atoms with van der Waals surface area (Å²) >= 11 is 0. The van der Waals surface area contributed by atoms with Gasteiger partial charge < -0.3 is 65.5 Å². The molecule has 2 rings (SSSR count). The van der Waals surface area contributed by atoms with Crippen molar-refractivity contribution in [3.63, 3.8) is 0 Å². The zero-order chi connectivity index (χ0) is 24.4. The normalized spacial score (nSPS) is 42.2. The molecule has 2 aliphatic rings. The molecule has 2 aliphatic heterocycles. The Labute approximate surface area is 181 Å². The van der Waals surface area contributed by atoms with E-state index in [1.807, 2.05) is 0 Å². The number of rotatable bonds is 8. The number of hydrogen-bond donors (Lipinski definition) is 10. The van der Waals surface area contributed by atoms with Crippen LogP contribution in [0.15, 0.2) is 0 Å². The van der Waals surface area contributed by atoms with Crippen LogP contribution in [-0.2, 0) is 23.8 Å². The first kappa shape index (κ1) is 26.7. The Bertz CT molecular complexity index is 663. The van der Waals surface area contributed by atoms with Crippen molar-refractivity contribution < 1.29 is 69.8 Å². The van der Waals surface area contributed by atoms with Gasteiger partial charge in [0, 0.05) is 13.3 Å². The molecule has 11 atom stereocenters. The highest BCUT2D eigenvalue weighted by Gasteiger charge is 2.58. The summed E-state index contributed by atoms with van der Waals surface area (Å²) in [5, 5.41) is 91.0. The second kappa shape index (κ2) is 10.6.